The summed E-state index contributed by atoms with van der Waals surface area (Å²) in [5.41, 5.74) is 0. The fraction of sp³-hybridized carbons (Fsp3) is 0.500. The zero-order valence-corrected chi connectivity index (χ0v) is 3.56. The number of rotatable bonds is 1. The zero-order valence-electron chi connectivity index (χ0n) is 3.56. The number of hydrogen-bond donors (Lipinski definition) is 1. The van der Waals surface area contributed by atoms with Crippen LogP contribution in [0.2, 0.25) is 0 Å². The maximum atomic E-state index is 10.9. The SMILES string of the molecule is CC(O)/C=C/F. The van der Waals surface area contributed by atoms with Crippen LogP contribution in [0.5, 0.6) is 0 Å². The second-order valence-electron chi connectivity index (χ2n) is 1.06. The second-order valence-corrected chi connectivity index (χ2v) is 1.06. The van der Waals surface area contributed by atoms with E-state index in [1.54, 1.807) is 0 Å². The van der Waals surface area contributed by atoms with Crippen molar-refractivity contribution in [2.24, 2.45) is 0 Å². The molecule has 0 saturated carbocycles. The minimum Gasteiger partial charge on any atom is -0.389 e. The molecule has 0 rings (SSSR count). The first-order valence-corrected chi connectivity index (χ1v) is 1.72. The van der Waals surface area contributed by atoms with Crippen molar-refractivity contribution >= 4 is 0 Å². The van der Waals surface area contributed by atoms with Gasteiger partial charge in [-0.05, 0) is 13.0 Å². The molecule has 1 atom stereocenters. The molecule has 2 heteroatoms. The Morgan fingerprint density at radius 1 is 1.83 bits per heavy atom. The Morgan fingerprint density at radius 3 is 2.33 bits per heavy atom. The second kappa shape index (κ2) is 2.85. The van der Waals surface area contributed by atoms with Crippen LogP contribution in [0.3, 0.4) is 0 Å². The molecule has 0 radical (unpaired) electrons. The fourth-order valence-electron chi connectivity index (χ4n) is 0.105. The van der Waals surface area contributed by atoms with Crippen LogP contribution in [0, 0.1) is 0 Å². The Balaban J connectivity index is 3.03. The van der Waals surface area contributed by atoms with E-state index in [1.165, 1.54) is 6.92 Å². The van der Waals surface area contributed by atoms with Gasteiger partial charge in [0.2, 0.25) is 0 Å². The van der Waals surface area contributed by atoms with Gasteiger partial charge in [-0.3, -0.25) is 0 Å². The van der Waals surface area contributed by atoms with Gasteiger partial charge in [0.05, 0.1) is 12.4 Å². The molecule has 1 nitrogen and oxygen atoms in total. The van der Waals surface area contributed by atoms with Crippen LogP contribution in [0.25, 0.3) is 0 Å². The van der Waals surface area contributed by atoms with Gasteiger partial charge in [0, 0.05) is 0 Å². The van der Waals surface area contributed by atoms with Crippen molar-refractivity contribution in [2.75, 3.05) is 0 Å². The smallest absolute Gasteiger partial charge is 0.0852 e. The predicted octanol–water partition coefficient (Wildman–Crippen LogP) is 0.850. The maximum absolute atomic E-state index is 10.9. The highest BCUT2D eigenvalue weighted by atomic mass is 19.1. The van der Waals surface area contributed by atoms with E-state index in [9.17, 15) is 4.39 Å². The number of aliphatic hydroxyl groups excluding tert-OH is 1. The highest BCUT2D eigenvalue weighted by Gasteiger charge is 1.79. The van der Waals surface area contributed by atoms with Crippen LogP contribution in [-0.4, -0.2) is 11.2 Å². The van der Waals surface area contributed by atoms with E-state index in [2.05, 4.69) is 0 Å². The predicted molar refractivity (Wildman–Crippen MR) is 21.9 cm³/mol. The summed E-state index contributed by atoms with van der Waals surface area (Å²) in [5, 5.41) is 8.23. The molecule has 0 saturated heterocycles. The summed E-state index contributed by atoms with van der Waals surface area (Å²) in [6.45, 7) is 1.48. The largest absolute Gasteiger partial charge is 0.389 e. The topological polar surface area (TPSA) is 20.2 Å². The molecule has 0 aromatic heterocycles. The van der Waals surface area contributed by atoms with E-state index in [4.69, 9.17) is 5.11 Å². The molecule has 0 aromatic rings. The molecule has 0 heterocycles. The Kier molecular flexibility index (Phi) is 2.67. The molecule has 0 aromatic carbocycles. The molecule has 0 amide bonds. The van der Waals surface area contributed by atoms with Gasteiger partial charge in [0.1, 0.15) is 0 Å². The van der Waals surface area contributed by atoms with Crippen molar-refractivity contribution in [3.63, 3.8) is 0 Å². The summed E-state index contributed by atoms with van der Waals surface area (Å²) in [5.74, 6) is 0. The van der Waals surface area contributed by atoms with Crippen molar-refractivity contribution < 1.29 is 9.50 Å². The molecule has 1 unspecified atom stereocenters. The van der Waals surface area contributed by atoms with E-state index < -0.39 is 6.10 Å². The van der Waals surface area contributed by atoms with Gasteiger partial charge >= 0.3 is 0 Å². The van der Waals surface area contributed by atoms with E-state index in [0.717, 1.165) is 6.08 Å². The van der Waals surface area contributed by atoms with Crippen LogP contribution in [0.15, 0.2) is 12.4 Å². The van der Waals surface area contributed by atoms with Gasteiger partial charge in [-0.15, -0.1) is 0 Å². The van der Waals surface area contributed by atoms with Gasteiger partial charge in [-0.25, -0.2) is 4.39 Å². The van der Waals surface area contributed by atoms with Crippen molar-refractivity contribution in [3.8, 4) is 0 Å². The summed E-state index contributed by atoms with van der Waals surface area (Å²) in [4.78, 5) is 0. The molecule has 0 spiro atoms. The summed E-state index contributed by atoms with van der Waals surface area (Å²) in [6.07, 6.45) is 0.722. The molecule has 0 aliphatic carbocycles. The normalized spacial score (nSPS) is 15.8. The minimum absolute atomic E-state index is 0.324. The molecular formula is C4H7FO. The average molecular weight is 90.1 g/mol. The summed E-state index contributed by atoms with van der Waals surface area (Å²) < 4.78 is 10.9. The quantitative estimate of drug-likeness (QED) is 0.506. The van der Waals surface area contributed by atoms with Gasteiger partial charge < -0.3 is 5.11 Å². The molecule has 6 heavy (non-hydrogen) atoms. The number of halogens is 1. The Morgan fingerprint density at radius 2 is 2.33 bits per heavy atom. The van der Waals surface area contributed by atoms with Crippen LogP contribution in [0.4, 0.5) is 4.39 Å². The molecular weight excluding hydrogens is 83.0 g/mol. The lowest BCUT2D eigenvalue weighted by atomic mass is 10.4. The molecule has 0 aliphatic heterocycles. The van der Waals surface area contributed by atoms with Crippen molar-refractivity contribution in [1.82, 2.24) is 0 Å². The van der Waals surface area contributed by atoms with Gasteiger partial charge in [-0.2, -0.15) is 0 Å². The highest BCUT2D eigenvalue weighted by Crippen LogP contribution is 1.80. The van der Waals surface area contributed by atoms with Crippen LogP contribution < -0.4 is 0 Å². The van der Waals surface area contributed by atoms with Crippen molar-refractivity contribution in [1.29, 1.82) is 0 Å². The van der Waals surface area contributed by atoms with Gasteiger partial charge in [-0.1, -0.05) is 0 Å². The summed E-state index contributed by atoms with van der Waals surface area (Å²) in [6, 6.07) is 0. The fourth-order valence-corrected chi connectivity index (χ4v) is 0.105. The van der Waals surface area contributed by atoms with E-state index in [1.807, 2.05) is 0 Å². The monoisotopic (exact) mass is 90.0 g/mol. The Bertz CT molecular complexity index is 49.5. The third-order valence-corrected chi connectivity index (χ3v) is 0.351. The summed E-state index contributed by atoms with van der Waals surface area (Å²) >= 11 is 0. The average Bonchev–Trinajstić information content (AvgIpc) is 1.35. The van der Waals surface area contributed by atoms with E-state index in [-0.39, 0.29) is 0 Å². The lowest BCUT2D eigenvalue weighted by Crippen LogP contribution is -1.89. The van der Waals surface area contributed by atoms with Crippen LogP contribution >= 0.6 is 0 Å². The highest BCUT2D eigenvalue weighted by molar-refractivity contribution is 4.77. The van der Waals surface area contributed by atoms with Crippen LogP contribution in [-0.2, 0) is 0 Å². The Hall–Kier alpha value is -0.370. The lowest BCUT2D eigenvalue weighted by molar-refractivity contribution is 0.242. The molecule has 1 N–H and O–H groups in total. The molecule has 36 valence electrons. The minimum atomic E-state index is -0.657. The van der Waals surface area contributed by atoms with Gasteiger partial charge in [0.15, 0.2) is 0 Å². The number of hydrogen-bond acceptors (Lipinski definition) is 1. The number of aliphatic hydroxyl groups is 1. The molecule has 0 aliphatic rings. The first-order chi connectivity index (χ1) is 2.77. The standard InChI is InChI=1S/C4H7FO/c1-4(6)2-3-5/h2-4,6H,1H3/b3-2+. The van der Waals surface area contributed by atoms with Crippen LogP contribution in [0.1, 0.15) is 6.92 Å². The van der Waals surface area contributed by atoms with E-state index in [0.29, 0.717) is 6.33 Å². The van der Waals surface area contributed by atoms with Crippen molar-refractivity contribution in [3.05, 3.63) is 12.4 Å². The first-order valence-electron chi connectivity index (χ1n) is 1.72. The van der Waals surface area contributed by atoms with Gasteiger partial charge in [0.25, 0.3) is 0 Å². The zero-order chi connectivity index (χ0) is 4.99. The third kappa shape index (κ3) is 3.63. The first kappa shape index (κ1) is 5.63. The van der Waals surface area contributed by atoms with Crippen molar-refractivity contribution in [2.45, 2.75) is 13.0 Å². The third-order valence-electron chi connectivity index (χ3n) is 0.351. The lowest BCUT2D eigenvalue weighted by Gasteiger charge is -1.85. The Labute approximate surface area is 36.1 Å². The summed E-state index contributed by atoms with van der Waals surface area (Å²) in [7, 11) is 0. The van der Waals surface area contributed by atoms with E-state index >= 15 is 0 Å². The molecule has 0 bridgehead atoms. The maximum Gasteiger partial charge on any atom is 0.0852 e. The molecule has 0 fully saturated rings.